The van der Waals surface area contributed by atoms with E-state index in [9.17, 15) is 14.7 Å². The lowest BCUT2D eigenvalue weighted by molar-refractivity contribution is 0.0843. The van der Waals surface area contributed by atoms with E-state index in [1.807, 2.05) is 36.6 Å². The first kappa shape index (κ1) is 16.7. The summed E-state index contributed by atoms with van der Waals surface area (Å²) in [7, 11) is 0. The number of benzene rings is 1. The van der Waals surface area contributed by atoms with E-state index in [0.717, 1.165) is 12.0 Å². The maximum atomic E-state index is 12.2. The zero-order valence-electron chi connectivity index (χ0n) is 13.4. The number of nitrogens with zero attached hydrogens (tertiary/aromatic N) is 2. The maximum Gasteiger partial charge on any atom is 0.294 e. The van der Waals surface area contributed by atoms with Crippen LogP contribution < -0.4 is 10.9 Å². The van der Waals surface area contributed by atoms with Gasteiger partial charge in [0.2, 0.25) is 0 Å². The van der Waals surface area contributed by atoms with Gasteiger partial charge in [0.15, 0.2) is 11.4 Å². The summed E-state index contributed by atoms with van der Waals surface area (Å²) in [5.41, 5.74) is 6.06. The molecule has 0 aliphatic rings. The smallest absolute Gasteiger partial charge is 0.294 e. The molecule has 7 nitrogen and oxygen atoms in total. The molecule has 0 fully saturated rings. The molecule has 8 heteroatoms. The van der Waals surface area contributed by atoms with Crippen molar-refractivity contribution in [3.05, 3.63) is 64.1 Å². The first-order valence-corrected chi connectivity index (χ1v) is 8.49. The second-order valence-corrected chi connectivity index (χ2v) is 6.10. The van der Waals surface area contributed by atoms with E-state index < -0.39 is 11.8 Å². The number of thiophene rings is 1. The molecular formula is C17H16N4O3S. The molecule has 0 bridgehead atoms. The summed E-state index contributed by atoms with van der Waals surface area (Å²) in [5, 5.41) is 15.8. The third kappa shape index (κ3) is 3.53. The van der Waals surface area contributed by atoms with Gasteiger partial charge in [-0.25, -0.2) is 4.68 Å². The van der Waals surface area contributed by atoms with Crippen LogP contribution in [0.2, 0.25) is 0 Å². The predicted octanol–water partition coefficient (Wildman–Crippen LogP) is 2.28. The molecule has 0 spiro atoms. The Morgan fingerprint density at radius 2 is 1.88 bits per heavy atom. The summed E-state index contributed by atoms with van der Waals surface area (Å²) >= 11 is 1.30. The maximum absolute atomic E-state index is 12.2. The van der Waals surface area contributed by atoms with Crippen LogP contribution in [0.25, 0.3) is 5.69 Å². The van der Waals surface area contributed by atoms with Gasteiger partial charge in [0.1, 0.15) is 0 Å². The zero-order valence-corrected chi connectivity index (χ0v) is 14.2. The number of carbonyl (C=O) groups is 2. The summed E-state index contributed by atoms with van der Waals surface area (Å²) in [6.07, 6.45) is 2.06. The Bertz CT molecular complexity index is 902. The van der Waals surface area contributed by atoms with E-state index >= 15 is 0 Å². The molecule has 1 aromatic carbocycles. The number of rotatable bonds is 4. The fourth-order valence-corrected chi connectivity index (χ4v) is 3.17. The van der Waals surface area contributed by atoms with Crippen LogP contribution in [0.15, 0.2) is 48.0 Å². The topological polar surface area (TPSA) is 96.3 Å². The number of aryl methyl sites for hydroxylation is 1. The second kappa shape index (κ2) is 7.18. The van der Waals surface area contributed by atoms with Crippen LogP contribution in [-0.4, -0.2) is 26.7 Å². The van der Waals surface area contributed by atoms with Crippen molar-refractivity contribution in [2.45, 2.75) is 13.3 Å². The van der Waals surface area contributed by atoms with Crippen molar-refractivity contribution in [2.75, 3.05) is 0 Å². The van der Waals surface area contributed by atoms with Crippen molar-refractivity contribution < 1.29 is 14.7 Å². The monoisotopic (exact) mass is 356 g/mol. The quantitative estimate of drug-likeness (QED) is 0.625. The van der Waals surface area contributed by atoms with Crippen LogP contribution in [0.4, 0.5) is 0 Å². The third-order valence-corrected chi connectivity index (χ3v) is 4.51. The number of amides is 2. The Labute approximate surface area is 147 Å². The molecular weight excluding hydrogens is 340 g/mol. The van der Waals surface area contributed by atoms with Crippen molar-refractivity contribution in [3.63, 3.8) is 0 Å². The molecule has 128 valence electrons. The van der Waals surface area contributed by atoms with E-state index in [1.54, 1.807) is 12.1 Å². The van der Waals surface area contributed by atoms with Crippen LogP contribution in [0.1, 0.15) is 32.6 Å². The van der Waals surface area contributed by atoms with E-state index in [1.165, 1.54) is 22.2 Å². The Morgan fingerprint density at radius 1 is 1.16 bits per heavy atom. The van der Waals surface area contributed by atoms with Crippen LogP contribution in [-0.2, 0) is 6.42 Å². The van der Waals surface area contributed by atoms with Crippen molar-refractivity contribution in [3.8, 4) is 11.4 Å². The summed E-state index contributed by atoms with van der Waals surface area (Å²) in [4.78, 5) is 24.9. The summed E-state index contributed by atoms with van der Waals surface area (Å²) < 4.78 is 1.39. The molecule has 0 unspecified atom stereocenters. The molecule has 0 aliphatic carbocycles. The Hall–Kier alpha value is -3.13. The molecule has 25 heavy (non-hydrogen) atoms. The number of hydrogen-bond acceptors (Lipinski definition) is 5. The minimum Gasteiger partial charge on any atom is -0.504 e. The van der Waals surface area contributed by atoms with E-state index in [0.29, 0.717) is 10.6 Å². The van der Waals surface area contributed by atoms with Gasteiger partial charge in [-0.2, -0.15) is 5.10 Å². The summed E-state index contributed by atoms with van der Waals surface area (Å²) in [6.45, 7) is 1.95. The molecule has 0 radical (unpaired) electrons. The number of para-hydroxylation sites is 1. The van der Waals surface area contributed by atoms with Crippen molar-refractivity contribution in [1.29, 1.82) is 0 Å². The van der Waals surface area contributed by atoms with E-state index in [4.69, 9.17) is 0 Å². The van der Waals surface area contributed by atoms with Gasteiger partial charge in [0.05, 0.1) is 16.8 Å². The van der Waals surface area contributed by atoms with E-state index in [-0.39, 0.29) is 11.4 Å². The number of aromatic hydroxyl groups is 1. The second-order valence-electron chi connectivity index (χ2n) is 5.18. The van der Waals surface area contributed by atoms with Crippen LogP contribution in [0.5, 0.6) is 5.75 Å². The minimum absolute atomic E-state index is 0.175. The molecule has 0 atom stereocenters. The lowest BCUT2D eigenvalue weighted by Gasteiger charge is -2.06. The van der Waals surface area contributed by atoms with Gasteiger partial charge in [-0.1, -0.05) is 25.1 Å². The number of hydrogen-bond donors (Lipinski definition) is 3. The highest BCUT2D eigenvalue weighted by Crippen LogP contribution is 2.18. The predicted molar refractivity (Wildman–Crippen MR) is 93.9 cm³/mol. The molecule has 0 aliphatic heterocycles. The summed E-state index contributed by atoms with van der Waals surface area (Å²) in [6, 6.07) is 10.9. The van der Waals surface area contributed by atoms with Gasteiger partial charge in [0.25, 0.3) is 11.8 Å². The molecule has 3 rings (SSSR count). The average molecular weight is 356 g/mol. The SMILES string of the molecule is CCc1ccsc1C(=O)NNC(=O)c1nn(-c2ccccc2)cc1O. The van der Waals surface area contributed by atoms with Gasteiger partial charge in [-0.05, 0) is 35.6 Å². The van der Waals surface area contributed by atoms with E-state index in [2.05, 4.69) is 16.0 Å². The standard InChI is InChI=1S/C17H16N4O3S/c1-2-11-8-9-25-15(11)17(24)19-18-16(23)14-13(22)10-21(20-14)12-6-4-3-5-7-12/h3-10,22H,2H2,1H3,(H,18,23)(H,19,24). The first-order chi connectivity index (χ1) is 12.1. The van der Waals surface area contributed by atoms with Crippen LogP contribution in [0.3, 0.4) is 0 Å². The highest BCUT2D eigenvalue weighted by atomic mass is 32.1. The van der Waals surface area contributed by atoms with Crippen molar-refractivity contribution in [1.82, 2.24) is 20.6 Å². The lowest BCUT2D eigenvalue weighted by atomic mass is 10.2. The number of aromatic nitrogens is 2. The highest BCUT2D eigenvalue weighted by Gasteiger charge is 2.19. The molecule has 2 aromatic heterocycles. The lowest BCUT2D eigenvalue weighted by Crippen LogP contribution is -2.41. The minimum atomic E-state index is -0.699. The molecule has 0 saturated heterocycles. The van der Waals surface area contributed by atoms with Gasteiger partial charge < -0.3 is 5.11 Å². The largest absolute Gasteiger partial charge is 0.504 e. The Morgan fingerprint density at radius 3 is 2.60 bits per heavy atom. The summed E-state index contributed by atoms with van der Waals surface area (Å²) in [5.74, 6) is -1.38. The van der Waals surface area contributed by atoms with Gasteiger partial charge in [-0.3, -0.25) is 20.4 Å². The molecule has 0 saturated carbocycles. The fourth-order valence-electron chi connectivity index (χ4n) is 2.28. The van der Waals surface area contributed by atoms with Crippen molar-refractivity contribution >= 4 is 23.2 Å². The fraction of sp³-hybridized carbons (Fsp3) is 0.118. The van der Waals surface area contributed by atoms with Crippen LogP contribution >= 0.6 is 11.3 Å². The number of hydrazine groups is 1. The Balaban J connectivity index is 1.70. The Kier molecular flexibility index (Phi) is 4.80. The molecule has 3 aromatic rings. The average Bonchev–Trinajstić information content (AvgIpc) is 3.26. The van der Waals surface area contributed by atoms with Gasteiger partial charge >= 0.3 is 0 Å². The first-order valence-electron chi connectivity index (χ1n) is 7.61. The zero-order chi connectivity index (χ0) is 17.8. The van der Waals surface area contributed by atoms with Gasteiger partial charge in [-0.15, -0.1) is 11.3 Å². The number of carbonyl (C=O) groups excluding carboxylic acids is 2. The van der Waals surface area contributed by atoms with Crippen LogP contribution in [0, 0.1) is 0 Å². The van der Waals surface area contributed by atoms with Gasteiger partial charge in [0, 0.05) is 0 Å². The third-order valence-electron chi connectivity index (χ3n) is 3.55. The highest BCUT2D eigenvalue weighted by molar-refractivity contribution is 7.12. The van der Waals surface area contributed by atoms with Crippen molar-refractivity contribution in [2.24, 2.45) is 0 Å². The molecule has 2 heterocycles. The number of nitrogens with one attached hydrogen (secondary N) is 2. The molecule has 2 amide bonds. The normalized spacial score (nSPS) is 10.4. The molecule has 3 N–H and O–H groups in total.